The topological polar surface area (TPSA) is 51.8 Å². The van der Waals surface area contributed by atoms with Crippen LogP contribution >= 0.6 is 23.7 Å². The van der Waals surface area contributed by atoms with Gasteiger partial charge in [0.25, 0.3) is 0 Å². The van der Waals surface area contributed by atoms with Gasteiger partial charge in [0, 0.05) is 0 Å². The second-order valence-corrected chi connectivity index (χ2v) is 2.37. The van der Waals surface area contributed by atoms with Crippen LogP contribution in [0.5, 0.6) is 0 Å². The molecule has 0 amide bonds. The Morgan fingerprint density at radius 1 is 1.50 bits per heavy atom. The lowest BCUT2D eigenvalue weighted by Crippen LogP contribution is -1.79. The van der Waals surface area contributed by atoms with E-state index in [0.717, 1.165) is 5.01 Å². The molecule has 1 aromatic rings. The van der Waals surface area contributed by atoms with Crippen LogP contribution in [-0.4, -0.2) is 10.2 Å². The first-order valence-corrected chi connectivity index (χ1v) is 2.66. The van der Waals surface area contributed by atoms with Crippen molar-refractivity contribution in [2.45, 2.75) is 6.92 Å². The van der Waals surface area contributed by atoms with E-state index in [0.29, 0.717) is 5.13 Å². The summed E-state index contributed by atoms with van der Waals surface area (Å²) in [5, 5.41) is 8.68. The van der Waals surface area contributed by atoms with E-state index in [1.807, 2.05) is 6.92 Å². The van der Waals surface area contributed by atoms with Crippen molar-refractivity contribution in [2.75, 3.05) is 5.73 Å². The molecular weight excluding hydrogens is 146 g/mol. The van der Waals surface area contributed by atoms with Gasteiger partial charge in [-0.3, -0.25) is 0 Å². The lowest BCUT2D eigenvalue weighted by atomic mass is 10.9. The molecule has 2 N–H and O–H groups in total. The third kappa shape index (κ3) is 1.63. The van der Waals surface area contributed by atoms with Crippen molar-refractivity contribution in [2.24, 2.45) is 0 Å². The highest BCUT2D eigenvalue weighted by Crippen LogP contribution is 2.07. The average Bonchev–Trinajstić information content (AvgIpc) is 1.87. The first-order chi connectivity index (χ1) is 3.29. The van der Waals surface area contributed by atoms with Crippen LogP contribution in [0.4, 0.5) is 5.13 Å². The van der Waals surface area contributed by atoms with E-state index in [9.17, 15) is 0 Å². The molecule has 0 fully saturated rings. The summed E-state index contributed by atoms with van der Waals surface area (Å²) >= 11 is 1.40. The molecule has 3 nitrogen and oxygen atoms in total. The largest absolute Gasteiger partial charge is 0.374 e. The number of anilines is 1. The molecule has 1 heterocycles. The molecule has 0 aliphatic rings. The maximum atomic E-state index is 5.22. The Morgan fingerprint density at radius 2 is 2.12 bits per heavy atom. The SMILES string of the molecule is Cc1nnc(N)s1.Cl. The number of hydrogen-bond donors (Lipinski definition) is 1. The van der Waals surface area contributed by atoms with Crippen LogP contribution < -0.4 is 5.73 Å². The van der Waals surface area contributed by atoms with Gasteiger partial charge in [0.1, 0.15) is 5.01 Å². The molecule has 8 heavy (non-hydrogen) atoms. The minimum absolute atomic E-state index is 0. The van der Waals surface area contributed by atoms with Crippen LogP contribution in [0.2, 0.25) is 0 Å². The van der Waals surface area contributed by atoms with Crippen LogP contribution in [0, 0.1) is 6.92 Å². The third-order valence-electron chi connectivity index (χ3n) is 0.542. The number of nitrogens with two attached hydrogens (primary N) is 1. The minimum Gasteiger partial charge on any atom is -0.374 e. The van der Waals surface area contributed by atoms with Gasteiger partial charge in [0.05, 0.1) is 0 Å². The fourth-order valence-corrected chi connectivity index (χ4v) is 0.778. The standard InChI is InChI=1S/C3H5N3S.ClH/c1-2-5-6-3(4)7-2;/h1H3,(H2,4,6);1H. The van der Waals surface area contributed by atoms with E-state index in [2.05, 4.69) is 10.2 Å². The zero-order chi connectivity index (χ0) is 5.28. The van der Waals surface area contributed by atoms with E-state index < -0.39 is 0 Å². The summed E-state index contributed by atoms with van der Waals surface area (Å²) in [6.45, 7) is 1.87. The van der Waals surface area contributed by atoms with E-state index in [1.54, 1.807) is 0 Å². The lowest BCUT2D eigenvalue weighted by Gasteiger charge is -1.66. The van der Waals surface area contributed by atoms with Gasteiger partial charge in [-0.2, -0.15) is 0 Å². The first-order valence-electron chi connectivity index (χ1n) is 1.84. The molecular formula is C3H6ClN3S. The zero-order valence-electron chi connectivity index (χ0n) is 4.29. The van der Waals surface area contributed by atoms with Crippen molar-refractivity contribution in [3.63, 3.8) is 0 Å². The van der Waals surface area contributed by atoms with E-state index in [1.165, 1.54) is 11.3 Å². The van der Waals surface area contributed by atoms with Crippen molar-refractivity contribution < 1.29 is 0 Å². The highest BCUT2D eigenvalue weighted by molar-refractivity contribution is 7.14. The van der Waals surface area contributed by atoms with Crippen molar-refractivity contribution in [1.82, 2.24) is 10.2 Å². The monoisotopic (exact) mass is 151 g/mol. The third-order valence-corrected chi connectivity index (χ3v) is 1.21. The van der Waals surface area contributed by atoms with Crippen LogP contribution in [0.3, 0.4) is 0 Å². The van der Waals surface area contributed by atoms with Crippen LogP contribution in [0.25, 0.3) is 0 Å². The fourth-order valence-electron chi connectivity index (χ4n) is 0.312. The quantitative estimate of drug-likeness (QED) is 0.598. The molecule has 1 rings (SSSR count). The maximum absolute atomic E-state index is 5.22. The predicted octanol–water partition coefficient (Wildman–Crippen LogP) is 0.851. The summed E-state index contributed by atoms with van der Waals surface area (Å²) in [7, 11) is 0. The smallest absolute Gasteiger partial charge is 0.203 e. The molecule has 46 valence electrons. The molecule has 0 spiro atoms. The Bertz CT molecular complexity index is 147. The highest BCUT2D eigenvalue weighted by atomic mass is 35.5. The predicted molar refractivity (Wildman–Crippen MR) is 36.3 cm³/mol. The summed E-state index contributed by atoms with van der Waals surface area (Å²) in [5.41, 5.74) is 5.22. The van der Waals surface area contributed by atoms with Crippen LogP contribution in [-0.2, 0) is 0 Å². The number of rotatable bonds is 0. The van der Waals surface area contributed by atoms with Gasteiger partial charge in [-0.25, -0.2) is 0 Å². The summed E-state index contributed by atoms with van der Waals surface area (Å²) < 4.78 is 0. The van der Waals surface area contributed by atoms with Crippen molar-refractivity contribution in [3.05, 3.63) is 5.01 Å². The van der Waals surface area contributed by atoms with Gasteiger partial charge < -0.3 is 5.73 Å². The van der Waals surface area contributed by atoms with Crippen molar-refractivity contribution in [1.29, 1.82) is 0 Å². The fraction of sp³-hybridized carbons (Fsp3) is 0.333. The zero-order valence-corrected chi connectivity index (χ0v) is 5.92. The molecule has 0 saturated heterocycles. The minimum atomic E-state index is 0. The molecule has 0 atom stereocenters. The summed E-state index contributed by atoms with van der Waals surface area (Å²) in [5.74, 6) is 0. The van der Waals surface area contributed by atoms with Crippen LogP contribution in [0.15, 0.2) is 0 Å². The Morgan fingerprint density at radius 3 is 2.25 bits per heavy atom. The highest BCUT2D eigenvalue weighted by Gasteiger charge is 1.89. The number of nitrogens with zero attached hydrogens (tertiary/aromatic N) is 2. The molecule has 0 unspecified atom stereocenters. The number of aromatic nitrogens is 2. The van der Waals surface area contributed by atoms with Gasteiger partial charge in [-0.05, 0) is 6.92 Å². The second kappa shape index (κ2) is 2.84. The van der Waals surface area contributed by atoms with E-state index in [4.69, 9.17) is 5.73 Å². The molecule has 0 aliphatic carbocycles. The molecule has 0 aliphatic heterocycles. The molecule has 0 radical (unpaired) electrons. The van der Waals surface area contributed by atoms with Crippen LogP contribution in [0.1, 0.15) is 5.01 Å². The van der Waals surface area contributed by atoms with Gasteiger partial charge in [-0.15, -0.1) is 22.6 Å². The first kappa shape index (κ1) is 7.65. The number of nitrogen functional groups attached to an aromatic ring is 1. The number of halogens is 1. The molecule has 1 aromatic heterocycles. The Hall–Kier alpha value is -0.350. The summed E-state index contributed by atoms with van der Waals surface area (Å²) in [4.78, 5) is 0. The number of aryl methyl sites for hydroxylation is 1. The Kier molecular flexibility index (Phi) is 2.71. The van der Waals surface area contributed by atoms with Gasteiger partial charge in [0.2, 0.25) is 5.13 Å². The Labute approximate surface area is 57.3 Å². The number of hydrogen-bond acceptors (Lipinski definition) is 4. The Balaban J connectivity index is 0.000000490. The molecule has 5 heteroatoms. The lowest BCUT2D eigenvalue weighted by molar-refractivity contribution is 1.06. The average molecular weight is 152 g/mol. The summed E-state index contributed by atoms with van der Waals surface area (Å²) in [6.07, 6.45) is 0. The summed E-state index contributed by atoms with van der Waals surface area (Å²) in [6, 6.07) is 0. The van der Waals surface area contributed by atoms with Gasteiger partial charge in [-0.1, -0.05) is 11.3 Å². The maximum Gasteiger partial charge on any atom is 0.203 e. The second-order valence-electron chi connectivity index (χ2n) is 1.16. The normalized spacial score (nSPS) is 8.12. The van der Waals surface area contributed by atoms with E-state index in [-0.39, 0.29) is 12.4 Å². The molecule has 0 aromatic carbocycles. The van der Waals surface area contributed by atoms with E-state index >= 15 is 0 Å². The van der Waals surface area contributed by atoms with Crippen molar-refractivity contribution >= 4 is 28.9 Å². The van der Waals surface area contributed by atoms with Gasteiger partial charge >= 0.3 is 0 Å². The van der Waals surface area contributed by atoms with Gasteiger partial charge in [0.15, 0.2) is 0 Å². The van der Waals surface area contributed by atoms with Crippen molar-refractivity contribution in [3.8, 4) is 0 Å². The molecule has 0 saturated carbocycles. The molecule has 0 bridgehead atoms.